The van der Waals surface area contributed by atoms with Crippen LogP contribution >= 0.6 is 0 Å². The van der Waals surface area contributed by atoms with Crippen molar-refractivity contribution in [1.29, 1.82) is 0 Å². The summed E-state index contributed by atoms with van der Waals surface area (Å²) < 4.78 is 5.63. The van der Waals surface area contributed by atoms with Gasteiger partial charge in [0, 0.05) is 6.54 Å². The first kappa shape index (κ1) is 16.5. The van der Waals surface area contributed by atoms with Gasteiger partial charge in [-0.1, -0.05) is 43.2 Å². The van der Waals surface area contributed by atoms with Crippen LogP contribution in [0.1, 0.15) is 38.2 Å². The van der Waals surface area contributed by atoms with E-state index in [2.05, 4.69) is 0 Å². The monoisotopic (exact) mass is 305 g/mol. The van der Waals surface area contributed by atoms with Gasteiger partial charge in [0.25, 0.3) is 0 Å². The smallest absolute Gasteiger partial charge is 0.326 e. The molecule has 1 fully saturated rings. The van der Waals surface area contributed by atoms with Crippen LogP contribution in [0.15, 0.2) is 30.3 Å². The quantitative estimate of drug-likeness (QED) is 0.840. The Hall–Kier alpha value is -1.88. The summed E-state index contributed by atoms with van der Waals surface area (Å²) in [6.07, 6.45) is 4.39. The Morgan fingerprint density at radius 2 is 1.91 bits per heavy atom. The number of aliphatic carboxylic acids is 1. The molecule has 120 valence electrons. The molecule has 1 atom stereocenters. The number of nitrogens with zero attached hydrogens (tertiary/aromatic N) is 1. The summed E-state index contributed by atoms with van der Waals surface area (Å²) in [6, 6.07) is 8.52. The zero-order valence-corrected chi connectivity index (χ0v) is 12.9. The minimum atomic E-state index is -1.01. The van der Waals surface area contributed by atoms with Crippen molar-refractivity contribution in [2.75, 3.05) is 6.61 Å². The highest BCUT2D eigenvalue weighted by molar-refractivity contribution is 5.84. The fourth-order valence-electron chi connectivity index (χ4n) is 2.68. The average Bonchev–Trinajstić information content (AvgIpc) is 3.04. The Bertz CT molecular complexity index is 497. The normalized spacial score (nSPS) is 16.4. The van der Waals surface area contributed by atoms with Gasteiger partial charge in [-0.25, -0.2) is 4.79 Å². The molecule has 1 amide bonds. The number of carboxylic acids is 1. The fourth-order valence-corrected chi connectivity index (χ4v) is 2.68. The van der Waals surface area contributed by atoms with E-state index in [-0.39, 0.29) is 25.2 Å². The van der Waals surface area contributed by atoms with Crippen LogP contribution in [0.3, 0.4) is 0 Å². The van der Waals surface area contributed by atoms with Crippen LogP contribution < -0.4 is 0 Å². The Kier molecular flexibility index (Phi) is 5.95. The molecule has 1 aromatic rings. The molecular weight excluding hydrogens is 282 g/mol. The first-order chi connectivity index (χ1) is 10.6. The first-order valence-corrected chi connectivity index (χ1v) is 7.75. The molecule has 1 aliphatic carbocycles. The molecule has 1 aromatic carbocycles. The highest BCUT2D eigenvalue weighted by atomic mass is 16.5. The zero-order valence-electron chi connectivity index (χ0n) is 12.9. The molecule has 1 N–H and O–H groups in total. The number of carboxylic acid groups (broad SMARTS) is 1. The molecule has 0 aromatic heterocycles. The number of rotatable bonds is 7. The van der Waals surface area contributed by atoms with Crippen molar-refractivity contribution in [3.05, 3.63) is 35.9 Å². The highest BCUT2D eigenvalue weighted by Crippen LogP contribution is 2.21. The van der Waals surface area contributed by atoms with E-state index in [4.69, 9.17) is 4.74 Å². The van der Waals surface area contributed by atoms with Crippen LogP contribution in [0, 0.1) is 0 Å². The molecule has 1 aliphatic rings. The third-order valence-electron chi connectivity index (χ3n) is 4.09. The summed E-state index contributed by atoms with van der Waals surface area (Å²) in [5.41, 5.74) is 0.907. The van der Waals surface area contributed by atoms with Crippen LogP contribution in [0.4, 0.5) is 0 Å². The van der Waals surface area contributed by atoms with Crippen LogP contribution in [0.5, 0.6) is 0 Å². The second-order valence-corrected chi connectivity index (χ2v) is 5.74. The van der Waals surface area contributed by atoms with Crippen molar-refractivity contribution < 1.29 is 19.4 Å². The maximum absolute atomic E-state index is 12.4. The number of ether oxygens (including phenoxy) is 1. The van der Waals surface area contributed by atoms with Gasteiger partial charge in [0.2, 0.25) is 5.91 Å². The van der Waals surface area contributed by atoms with E-state index < -0.39 is 12.0 Å². The average molecular weight is 305 g/mol. The van der Waals surface area contributed by atoms with Gasteiger partial charge in [-0.2, -0.15) is 0 Å². The minimum absolute atomic E-state index is 0.0465. The second-order valence-electron chi connectivity index (χ2n) is 5.74. The van der Waals surface area contributed by atoms with E-state index in [1.807, 2.05) is 30.3 Å². The predicted octanol–water partition coefficient (Wildman–Crippen LogP) is 2.45. The van der Waals surface area contributed by atoms with E-state index in [9.17, 15) is 14.7 Å². The van der Waals surface area contributed by atoms with Gasteiger partial charge in [0.05, 0.1) is 6.10 Å². The number of hydrogen-bond acceptors (Lipinski definition) is 3. The largest absolute Gasteiger partial charge is 0.480 e. The van der Waals surface area contributed by atoms with Crippen LogP contribution in [0.2, 0.25) is 0 Å². The molecule has 1 unspecified atom stereocenters. The lowest BCUT2D eigenvalue weighted by molar-refractivity contribution is -0.152. The summed E-state index contributed by atoms with van der Waals surface area (Å²) in [7, 11) is 0. The van der Waals surface area contributed by atoms with Crippen molar-refractivity contribution in [2.45, 2.75) is 51.3 Å². The molecule has 0 bridgehead atoms. The van der Waals surface area contributed by atoms with E-state index >= 15 is 0 Å². The SMILES string of the molecule is CC(C(=O)O)N(Cc1ccccc1)C(=O)COC1CCCC1. The second kappa shape index (κ2) is 7.94. The molecule has 22 heavy (non-hydrogen) atoms. The lowest BCUT2D eigenvalue weighted by Crippen LogP contribution is -2.44. The zero-order chi connectivity index (χ0) is 15.9. The summed E-state index contributed by atoms with van der Waals surface area (Å²) in [5, 5.41) is 9.22. The van der Waals surface area contributed by atoms with Crippen LogP contribution in [0.25, 0.3) is 0 Å². The van der Waals surface area contributed by atoms with Crippen LogP contribution in [-0.4, -0.2) is 40.6 Å². The molecular formula is C17H23NO4. The van der Waals surface area contributed by atoms with E-state index in [0.717, 1.165) is 31.2 Å². The Morgan fingerprint density at radius 3 is 2.50 bits per heavy atom. The fraction of sp³-hybridized carbons (Fsp3) is 0.529. The number of carbonyl (C=O) groups is 2. The molecule has 2 rings (SSSR count). The lowest BCUT2D eigenvalue weighted by Gasteiger charge is -2.27. The molecule has 5 heteroatoms. The predicted molar refractivity (Wildman–Crippen MR) is 82.3 cm³/mol. The van der Waals surface area contributed by atoms with Gasteiger partial charge in [-0.05, 0) is 25.3 Å². The Balaban J connectivity index is 1.99. The third-order valence-corrected chi connectivity index (χ3v) is 4.09. The lowest BCUT2D eigenvalue weighted by atomic mass is 10.2. The Labute approximate surface area is 130 Å². The summed E-state index contributed by atoms with van der Waals surface area (Å²) in [4.78, 5) is 25.0. The van der Waals surface area contributed by atoms with Crippen molar-refractivity contribution in [2.24, 2.45) is 0 Å². The number of benzene rings is 1. The van der Waals surface area contributed by atoms with Crippen LogP contribution in [-0.2, 0) is 20.9 Å². The number of carbonyl (C=O) groups excluding carboxylic acids is 1. The third kappa shape index (κ3) is 4.56. The van der Waals surface area contributed by atoms with E-state index in [1.165, 1.54) is 11.8 Å². The molecule has 0 radical (unpaired) electrons. The molecule has 0 spiro atoms. The van der Waals surface area contributed by atoms with Gasteiger partial charge < -0.3 is 14.7 Å². The molecule has 0 heterocycles. The highest BCUT2D eigenvalue weighted by Gasteiger charge is 2.27. The van der Waals surface area contributed by atoms with Gasteiger partial charge in [-0.15, -0.1) is 0 Å². The standard InChI is InChI=1S/C17H23NO4/c1-13(17(20)21)18(11-14-7-3-2-4-8-14)16(19)12-22-15-9-5-6-10-15/h2-4,7-8,13,15H,5-6,9-12H2,1H3,(H,20,21). The summed E-state index contributed by atoms with van der Waals surface area (Å²) >= 11 is 0. The summed E-state index contributed by atoms with van der Waals surface area (Å²) in [6.45, 7) is 1.76. The Morgan fingerprint density at radius 1 is 1.27 bits per heavy atom. The van der Waals surface area contributed by atoms with Gasteiger partial charge >= 0.3 is 5.97 Å². The van der Waals surface area contributed by atoms with Gasteiger partial charge in [0.15, 0.2) is 0 Å². The van der Waals surface area contributed by atoms with Crippen molar-refractivity contribution >= 4 is 11.9 Å². The number of hydrogen-bond donors (Lipinski definition) is 1. The van der Waals surface area contributed by atoms with Crippen molar-refractivity contribution in [3.63, 3.8) is 0 Å². The molecule has 0 aliphatic heterocycles. The minimum Gasteiger partial charge on any atom is -0.480 e. The molecule has 5 nitrogen and oxygen atoms in total. The maximum Gasteiger partial charge on any atom is 0.326 e. The molecule has 1 saturated carbocycles. The van der Waals surface area contributed by atoms with Gasteiger partial charge in [0.1, 0.15) is 12.6 Å². The summed E-state index contributed by atoms with van der Waals surface area (Å²) in [5.74, 6) is -1.28. The van der Waals surface area contributed by atoms with Crippen molar-refractivity contribution in [3.8, 4) is 0 Å². The number of amides is 1. The van der Waals surface area contributed by atoms with E-state index in [0.29, 0.717) is 0 Å². The van der Waals surface area contributed by atoms with E-state index in [1.54, 1.807) is 0 Å². The van der Waals surface area contributed by atoms with Gasteiger partial charge in [-0.3, -0.25) is 4.79 Å². The molecule has 0 saturated heterocycles. The first-order valence-electron chi connectivity index (χ1n) is 7.75. The van der Waals surface area contributed by atoms with Crippen molar-refractivity contribution in [1.82, 2.24) is 4.90 Å². The topological polar surface area (TPSA) is 66.8 Å². The maximum atomic E-state index is 12.4.